The van der Waals surface area contributed by atoms with E-state index >= 15 is 0 Å². The summed E-state index contributed by atoms with van der Waals surface area (Å²) in [5, 5.41) is 8.51. The summed E-state index contributed by atoms with van der Waals surface area (Å²) in [7, 11) is 0. The van der Waals surface area contributed by atoms with E-state index in [9.17, 15) is 8.78 Å². The van der Waals surface area contributed by atoms with Gasteiger partial charge in [0.25, 0.3) is 0 Å². The van der Waals surface area contributed by atoms with Gasteiger partial charge in [-0.15, -0.1) is 0 Å². The maximum Gasteiger partial charge on any atom is 0.130 e. The number of hydrogen-bond acceptors (Lipinski definition) is 2. The molecule has 0 aliphatic carbocycles. The SMILES string of the molecule is CCN(CC#N)Cc1ccc(F)cc1F. The minimum Gasteiger partial charge on any atom is -0.286 e. The lowest BCUT2D eigenvalue weighted by Crippen LogP contribution is -2.23. The zero-order valence-electron chi connectivity index (χ0n) is 8.50. The second kappa shape index (κ2) is 5.42. The van der Waals surface area contributed by atoms with Gasteiger partial charge in [-0.1, -0.05) is 13.0 Å². The maximum atomic E-state index is 13.2. The van der Waals surface area contributed by atoms with E-state index in [0.717, 1.165) is 6.07 Å². The highest BCUT2D eigenvalue weighted by Gasteiger charge is 2.08. The fourth-order valence-corrected chi connectivity index (χ4v) is 1.27. The van der Waals surface area contributed by atoms with E-state index in [1.54, 1.807) is 4.90 Å². The topological polar surface area (TPSA) is 27.0 Å². The fraction of sp³-hybridized carbons (Fsp3) is 0.364. The third-order valence-corrected chi connectivity index (χ3v) is 2.15. The average molecular weight is 210 g/mol. The number of hydrogen-bond donors (Lipinski definition) is 0. The van der Waals surface area contributed by atoms with Crippen LogP contribution in [0.1, 0.15) is 12.5 Å². The van der Waals surface area contributed by atoms with Gasteiger partial charge >= 0.3 is 0 Å². The van der Waals surface area contributed by atoms with Crippen molar-refractivity contribution in [3.8, 4) is 6.07 Å². The van der Waals surface area contributed by atoms with E-state index < -0.39 is 11.6 Å². The zero-order chi connectivity index (χ0) is 11.3. The first-order valence-electron chi connectivity index (χ1n) is 4.70. The van der Waals surface area contributed by atoms with Gasteiger partial charge in [0.05, 0.1) is 12.6 Å². The first kappa shape index (κ1) is 11.6. The third-order valence-electron chi connectivity index (χ3n) is 2.15. The molecule has 80 valence electrons. The van der Waals surface area contributed by atoms with Crippen LogP contribution in [0.5, 0.6) is 0 Å². The lowest BCUT2D eigenvalue weighted by atomic mass is 10.2. The van der Waals surface area contributed by atoms with Gasteiger partial charge < -0.3 is 0 Å². The highest BCUT2D eigenvalue weighted by Crippen LogP contribution is 2.11. The number of benzene rings is 1. The van der Waals surface area contributed by atoms with Gasteiger partial charge in [-0.3, -0.25) is 4.90 Å². The van der Waals surface area contributed by atoms with Crippen LogP contribution in [0.25, 0.3) is 0 Å². The molecule has 0 heterocycles. The summed E-state index contributed by atoms with van der Waals surface area (Å²) >= 11 is 0. The van der Waals surface area contributed by atoms with Crippen molar-refractivity contribution in [1.29, 1.82) is 5.26 Å². The minimum absolute atomic E-state index is 0.243. The average Bonchev–Trinajstić information content (AvgIpc) is 2.21. The Morgan fingerprint density at radius 2 is 2.13 bits per heavy atom. The molecular formula is C11H12F2N2. The standard InChI is InChI=1S/C11H12F2N2/c1-2-15(6-5-14)8-9-3-4-10(12)7-11(9)13/h3-4,7H,2,6,8H2,1H3. The first-order valence-corrected chi connectivity index (χ1v) is 4.70. The lowest BCUT2D eigenvalue weighted by molar-refractivity contribution is 0.309. The Morgan fingerprint density at radius 1 is 1.40 bits per heavy atom. The molecule has 1 rings (SSSR count). The van der Waals surface area contributed by atoms with Crippen molar-refractivity contribution in [2.45, 2.75) is 13.5 Å². The number of rotatable bonds is 4. The molecule has 15 heavy (non-hydrogen) atoms. The van der Waals surface area contributed by atoms with Gasteiger partial charge in [0.2, 0.25) is 0 Å². The van der Waals surface area contributed by atoms with Crippen molar-refractivity contribution in [1.82, 2.24) is 4.90 Å². The molecule has 0 saturated carbocycles. The smallest absolute Gasteiger partial charge is 0.130 e. The van der Waals surface area contributed by atoms with E-state index in [2.05, 4.69) is 0 Å². The molecule has 0 fully saturated rings. The molecule has 1 aromatic rings. The van der Waals surface area contributed by atoms with E-state index in [-0.39, 0.29) is 6.54 Å². The van der Waals surface area contributed by atoms with Crippen LogP contribution >= 0.6 is 0 Å². The summed E-state index contributed by atoms with van der Waals surface area (Å²) < 4.78 is 25.8. The summed E-state index contributed by atoms with van der Waals surface area (Å²) in [6.07, 6.45) is 0. The van der Waals surface area contributed by atoms with Crippen molar-refractivity contribution in [2.24, 2.45) is 0 Å². The molecule has 2 nitrogen and oxygen atoms in total. The number of nitriles is 1. The van der Waals surface area contributed by atoms with Crippen molar-refractivity contribution in [3.05, 3.63) is 35.4 Å². The van der Waals surface area contributed by atoms with E-state index in [0.29, 0.717) is 18.7 Å². The fourth-order valence-electron chi connectivity index (χ4n) is 1.27. The quantitative estimate of drug-likeness (QED) is 0.713. The molecule has 0 spiro atoms. The number of halogens is 2. The third kappa shape index (κ3) is 3.30. The molecule has 0 atom stereocenters. The minimum atomic E-state index is -0.584. The van der Waals surface area contributed by atoms with Crippen LogP contribution in [0.4, 0.5) is 8.78 Å². The second-order valence-electron chi connectivity index (χ2n) is 3.20. The van der Waals surface area contributed by atoms with Crippen LogP contribution in [-0.4, -0.2) is 18.0 Å². The van der Waals surface area contributed by atoms with Crippen LogP contribution in [0, 0.1) is 23.0 Å². The van der Waals surface area contributed by atoms with Crippen molar-refractivity contribution < 1.29 is 8.78 Å². The largest absolute Gasteiger partial charge is 0.286 e. The zero-order valence-corrected chi connectivity index (χ0v) is 8.50. The molecule has 0 bridgehead atoms. The summed E-state index contributed by atoms with van der Waals surface area (Å²) in [6, 6.07) is 5.48. The van der Waals surface area contributed by atoms with Gasteiger partial charge in [-0.2, -0.15) is 5.26 Å². The van der Waals surface area contributed by atoms with Crippen LogP contribution in [-0.2, 0) is 6.54 Å². The summed E-state index contributed by atoms with van der Waals surface area (Å²) in [5.74, 6) is -1.15. The van der Waals surface area contributed by atoms with Gasteiger partial charge in [0, 0.05) is 18.2 Å². The first-order chi connectivity index (χ1) is 7.17. The molecule has 0 aliphatic rings. The van der Waals surface area contributed by atoms with Crippen LogP contribution in [0.2, 0.25) is 0 Å². The predicted octanol–water partition coefficient (Wildman–Crippen LogP) is 2.31. The normalized spacial score (nSPS) is 10.3. The van der Waals surface area contributed by atoms with Gasteiger partial charge in [-0.25, -0.2) is 8.78 Å². The van der Waals surface area contributed by atoms with E-state index in [4.69, 9.17) is 5.26 Å². The molecule has 0 aliphatic heterocycles. The molecule has 0 saturated heterocycles. The summed E-state index contributed by atoms with van der Waals surface area (Å²) in [4.78, 5) is 1.77. The molecule has 1 aromatic carbocycles. The second-order valence-corrected chi connectivity index (χ2v) is 3.20. The van der Waals surface area contributed by atoms with Crippen molar-refractivity contribution in [2.75, 3.05) is 13.1 Å². The highest BCUT2D eigenvalue weighted by atomic mass is 19.1. The summed E-state index contributed by atoms with van der Waals surface area (Å²) in [5.41, 5.74) is 0.411. The molecule has 0 N–H and O–H groups in total. The Hall–Kier alpha value is -1.47. The van der Waals surface area contributed by atoms with Crippen LogP contribution < -0.4 is 0 Å². The van der Waals surface area contributed by atoms with Crippen LogP contribution in [0.3, 0.4) is 0 Å². The molecule has 0 radical (unpaired) electrons. The Balaban J connectivity index is 2.75. The van der Waals surface area contributed by atoms with E-state index in [1.165, 1.54) is 12.1 Å². The molecular weight excluding hydrogens is 198 g/mol. The maximum absolute atomic E-state index is 13.2. The Bertz CT molecular complexity index is 371. The van der Waals surface area contributed by atoms with E-state index in [1.807, 2.05) is 13.0 Å². The Morgan fingerprint density at radius 3 is 2.67 bits per heavy atom. The molecule has 0 amide bonds. The highest BCUT2D eigenvalue weighted by molar-refractivity contribution is 5.18. The van der Waals surface area contributed by atoms with Gasteiger partial charge in [0.15, 0.2) is 0 Å². The van der Waals surface area contributed by atoms with Crippen molar-refractivity contribution in [3.63, 3.8) is 0 Å². The molecule has 0 unspecified atom stereocenters. The summed E-state index contributed by atoms with van der Waals surface area (Å²) in [6.45, 7) is 3.12. The van der Waals surface area contributed by atoms with Crippen molar-refractivity contribution >= 4 is 0 Å². The van der Waals surface area contributed by atoms with Gasteiger partial charge in [0.1, 0.15) is 11.6 Å². The van der Waals surface area contributed by atoms with Crippen LogP contribution in [0.15, 0.2) is 18.2 Å². The monoisotopic (exact) mass is 210 g/mol. The van der Waals surface area contributed by atoms with Gasteiger partial charge in [-0.05, 0) is 12.6 Å². The Kier molecular flexibility index (Phi) is 4.19. The Labute approximate surface area is 87.7 Å². The predicted molar refractivity (Wildman–Crippen MR) is 52.9 cm³/mol. The molecule has 0 aromatic heterocycles. The lowest BCUT2D eigenvalue weighted by Gasteiger charge is -2.16. The molecule has 4 heteroatoms. The number of nitrogens with zero attached hydrogens (tertiary/aromatic N) is 2.